The quantitative estimate of drug-likeness (QED) is 0.402. The zero-order chi connectivity index (χ0) is 21.0. The van der Waals surface area contributed by atoms with E-state index in [9.17, 15) is 18.4 Å². The first-order valence-electron chi connectivity index (χ1n) is 8.91. The zero-order valence-electron chi connectivity index (χ0n) is 15.9. The van der Waals surface area contributed by atoms with E-state index in [1.807, 2.05) is 0 Å². The first-order chi connectivity index (χ1) is 14.0. The molecule has 8 heteroatoms. The second-order valence-corrected chi connectivity index (χ2v) is 6.43. The van der Waals surface area contributed by atoms with Crippen LogP contribution in [0.25, 0.3) is 0 Å². The maximum Gasteiger partial charge on any atom is 0.360 e. The highest BCUT2D eigenvalue weighted by molar-refractivity contribution is 6.43. The molecule has 1 aliphatic rings. The lowest BCUT2D eigenvalue weighted by Gasteiger charge is -2.22. The summed E-state index contributed by atoms with van der Waals surface area (Å²) < 4.78 is 39.4. The molecule has 0 aromatic heterocycles. The van der Waals surface area contributed by atoms with Crippen LogP contribution in [0.5, 0.6) is 0 Å². The highest BCUT2D eigenvalue weighted by atomic mass is 19.1. The molecule has 1 unspecified atom stereocenters. The monoisotopic (exact) mass is 403 g/mol. The van der Waals surface area contributed by atoms with Gasteiger partial charge >= 0.3 is 11.9 Å². The Labute approximate surface area is 166 Å². The Morgan fingerprint density at radius 2 is 1.69 bits per heavy atom. The first-order valence-corrected chi connectivity index (χ1v) is 8.91. The Bertz CT molecular complexity index is 936. The number of esters is 2. The molecule has 1 aliphatic carbocycles. The van der Waals surface area contributed by atoms with Gasteiger partial charge in [0, 0.05) is 11.1 Å². The molecular weight excluding hydrogens is 384 g/mol. The van der Waals surface area contributed by atoms with Crippen LogP contribution in [0.4, 0.5) is 8.78 Å². The van der Waals surface area contributed by atoms with Gasteiger partial charge in [-0.15, -0.1) is 0 Å². The molecule has 152 valence electrons. The van der Waals surface area contributed by atoms with Crippen molar-refractivity contribution in [3.05, 3.63) is 70.8 Å². The normalized spacial score (nSPS) is 14.8. The van der Waals surface area contributed by atoms with Gasteiger partial charge in [0.1, 0.15) is 18.7 Å². The summed E-state index contributed by atoms with van der Waals surface area (Å²) in [6, 6.07) is 9.56. The van der Waals surface area contributed by atoms with Gasteiger partial charge in [-0.1, -0.05) is 35.5 Å². The summed E-state index contributed by atoms with van der Waals surface area (Å²) in [6.07, 6.45) is -0.107. The van der Waals surface area contributed by atoms with Crippen molar-refractivity contribution >= 4 is 17.7 Å². The number of halogens is 2. The Kier molecular flexibility index (Phi) is 6.21. The molecule has 0 radical (unpaired) electrons. The number of hydrogen-bond donors (Lipinski definition) is 0. The fourth-order valence-electron chi connectivity index (χ4n) is 2.90. The predicted octanol–water partition coefficient (Wildman–Crippen LogP) is 3.53. The Balaban J connectivity index is 2.17. The maximum absolute atomic E-state index is 14.6. The topological polar surface area (TPSA) is 74.2 Å². The highest BCUT2D eigenvalue weighted by Crippen LogP contribution is 2.37. The summed E-state index contributed by atoms with van der Waals surface area (Å²) in [6.45, 7) is 0. The number of oxime groups is 1. The summed E-state index contributed by atoms with van der Waals surface area (Å²) in [5.41, 5.74) is -0.324. The molecule has 1 atom stereocenters. The molecule has 0 bridgehead atoms. The number of nitrogens with zero attached hydrogens (tertiary/aromatic N) is 1. The average Bonchev–Trinajstić information content (AvgIpc) is 3.56. The molecule has 0 spiro atoms. The summed E-state index contributed by atoms with van der Waals surface area (Å²) in [5, 5.41) is 3.69. The molecule has 0 N–H and O–H groups in total. The third kappa shape index (κ3) is 4.42. The van der Waals surface area contributed by atoms with Crippen LogP contribution in [0, 0.1) is 17.6 Å². The third-order valence-corrected chi connectivity index (χ3v) is 4.47. The molecule has 0 aliphatic heterocycles. The Morgan fingerprint density at radius 3 is 2.28 bits per heavy atom. The van der Waals surface area contributed by atoms with E-state index in [0.29, 0.717) is 12.8 Å². The predicted molar refractivity (Wildman–Crippen MR) is 99.0 cm³/mol. The second kappa shape index (κ2) is 8.81. The smallest absolute Gasteiger partial charge is 0.360 e. The van der Waals surface area contributed by atoms with Crippen LogP contribution in [0.1, 0.15) is 35.6 Å². The van der Waals surface area contributed by atoms with E-state index in [1.54, 1.807) is 12.1 Å². The molecule has 1 fully saturated rings. The van der Waals surface area contributed by atoms with E-state index in [-0.39, 0.29) is 22.8 Å². The van der Waals surface area contributed by atoms with Crippen LogP contribution in [0.15, 0.2) is 47.6 Å². The Hall–Kier alpha value is -3.29. The van der Waals surface area contributed by atoms with Crippen LogP contribution >= 0.6 is 0 Å². The van der Waals surface area contributed by atoms with E-state index in [2.05, 4.69) is 5.16 Å². The van der Waals surface area contributed by atoms with Crippen molar-refractivity contribution in [2.24, 2.45) is 11.1 Å². The number of hydrogen-bond acceptors (Lipinski definition) is 6. The van der Waals surface area contributed by atoms with Gasteiger partial charge in [0.2, 0.25) is 0 Å². The van der Waals surface area contributed by atoms with Crippen LogP contribution in [0.2, 0.25) is 0 Å². The molecule has 1 saturated carbocycles. The number of methoxy groups -OCH3 is 1. The van der Waals surface area contributed by atoms with Crippen molar-refractivity contribution in [2.75, 3.05) is 14.2 Å². The van der Waals surface area contributed by atoms with Gasteiger partial charge in [0.05, 0.1) is 18.6 Å². The van der Waals surface area contributed by atoms with Crippen LogP contribution in [-0.2, 0) is 23.9 Å². The molecule has 0 amide bonds. The molecule has 0 saturated heterocycles. The average molecular weight is 403 g/mol. The number of benzene rings is 2. The SMILES string of the molecule is CON=C(C(=O)OC)c1ccccc1C(OC(=O)C1CC1)c1c(F)cccc1F. The standard InChI is InChI=1S/C21H19F2NO5/c1-27-21(26)18(24-28-2)13-6-3-4-7-14(13)19(29-20(25)12-10-11-12)17-15(22)8-5-9-16(17)23/h3-9,12,19H,10-11H2,1-2H3. The molecule has 6 nitrogen and oxygen atoms in total. The lowest BCUT2D eigenvalue weighted by molar-refractivity contribution is -0.149. The number of carbonyl (C=O) groups is 2. The van der Waals surface area contributed by atoms with Crippen molar-refractivity contribution in [2.45, 2.75) is 18.9 Å². The number of carbonyl (C=O) groups excluding carboxylic acids is 2. The lowest BCUT2D eigenvalue weighted by Crippen LogP contribution is -2.23. The van der Waals surface area contributed by atoms with Gasteiger partial charge in [0.15, 0.2) is 11.8 Å². The van der Waals surface area contributed by atoms with Crippen LogP contribution < -0.4 is 0 Å². The van der Waals surface area contributed by atoms with E-state index < -0.39 is 35.2 Å². The van der Waals surface area contributed by atoms with Gasteiger partial charge in [0.25, 0.3) is 0 Å². The van der Waals surface area contributed by atoms with E-state index >= 15 is 0 Å². The molecule has 29 heavy (non-hydrogen) atoms. The van der Waals surface area contributed by atoms with Crippen molar-refractivity contribution in [1.82, 2.24) is 0 Å². The van der Waals surface area contributed by atoms with Gasteiger partial charge in [-0.05, 0) is 25.0 Å². The van der Waals surface area contributed by atoms with Crippen molar-refractivity contribution in [3.63, 3.8) is 0 Å². The highest BCUT2D eigenvalue weighted by Gasteiger charge is 2.36. The third-order valence-electron chi connectivity index (χ3n) is 4.47. The van der Waals surface area contributed by atoms with Crippen molar-refractivity contribution in [3.8, 4) is 0 Å². The minimum Gasteiger partial charge on any atom is -0.464 e. The Morgan fingerprint density at radius 1 is 1.03 bits per heavy atom. The van der Waals surface area contributed by atoms with E-state index in [0.717, 1.165) is 19.2 Å². The summed E-state index contributed by atoms with van der Waals surface area (Å²) in [5.74, 6) is -3.43. The first kappa shape index (κ1) is 20.4. The fourth-order valence-corrected chi connectivity index (χ4v) is 2.90. The maximum atomic E-state index is 14.6. The van der Waals surface area contributed by atoms with Gasteiger partial charge in [-0.3, -0.25) is 4.79 Å². The summed E-state index contributed by atoms with van der Waals surface area (Å²) >= 11 is 0. The molecular formula is C21H19F2NO5. The minimum atomic E-state index is -1.42. The van der Waals surface area contributed by atoms with E-state index in [4.69, 9.17) is 14.3 Å². The summed E-state index contributed by atoms with van der Waals surface area (Å²) in [7, 11) is 2.41. The largest absolute Gasteiger partial charge is 0.464 e. The van der Waals surface area contributed by atoms with E-state index in [1.165, 1.54) is 25.3 Å². The molecule has 3 rings (SSSR count). The van der Waals surface area contributed by atoms with Crippen LogP contribution in [-0.4, -0.2) is 31.9 Å². The summed E-state index contributed by atoms with van der Waals surface area (Å²) in [4.78, 5) is 29.3. The number of rotatable bonds is 7. The van der Waals surface area contributed by atoms with Crippen molar-refractivity contribution < 1.29 is 32.7 Å². The lowest BCUT2D eigenvalue weighted by atomic mass is 9.93. The molecule has 0 heterocycles. The zero-order valence-corrected chi connectivity index (χ0v) is 15.9. The van der Waals surface area contributed by atoms with Gasteiger partial charge in [-0.2, -0.15) is 0 Å². The molecule has 2 aromatic rings. The second-order valence-electron chi connectivity index (χ2n) is 6.43. The molecule has 2 aromatic carbocycles. The van der Waals surface area contributed by atoms with Gasteiger partial charge < -0.3 is 14.3 Å². The minimum absolute atomic E-state index is 0.164. The van der Waals surface area contributed by atoms with Crippen molar-refractivity contribution in [1.29, 1.82) is 0 Å². The van der Waals surface area contributed by atoms with Gasteiger partial charge in [-0.25, -0.2) is 13.6 Å². The fraction of sp³-hybridized carbons (Fsp3) is 0.286. The van der Waals surface area contributed by atoms with Crippen LogP contribution in [0.3, 0.4) is 0 Å². The number of ether oxygens (including phenoxy) is 2.